The topological polar surface area (TPSA) is 35.0 Å². The molecule has 0 fully saturated rings. The highest BCUT2D eigenvalue weighted by atomic mass is 35.5. The van der Waals surface area contributed by atoms with Gasteiger partial charge in [0.2, 0.25) is 0 Å². The largest absolute Gasteiger partial charge is 0.456 e. The molecule has 0 bridgehead atoms. The van der Waals surface area contributed by atoms with E-state index in [0.29, 0.717) is 16.5 Å². The first-order valence-corrected chi connectivity index (χ1v) is 5.83. The zero-order chi connectivity index (χ0) is 12.4. The molecule has 0 radical (unpaired) electrons. The molecular formula is C14H9ClN2O. The quantitative estimate of drug-likeness (QED) is 0.693. The van der Waals surface area contributed by atoms with Gasteiger partial charge in [-0.25, -0.2) is 9.97 Å². The van der Waals surface area contributed by atoms with Crippen molar-refractivity contribution in [2.45, 2.75) is 0 Å². The number of rotatable bonds is 2. The van der Waals surface area contributed by atoms with E-state index in [1.54, 1.807) is 12.3 Å². The van der Waals surface area contributed by atoms with E-state index in [1.807, 2.05) is 36.4 Å². The zero-order valence-electron chi connectivity index (χ0n) is 9.38. The van der Waals surface area contributed by atoms with Crippen LogP contribution in [0.4, 0.5) is 0 Å². The van der Waals surface area contributed by atoms with Gasteiger partial charge in [-0.2, -0.15) is 0 Å². The van der Waals surface area contributed by atoms with Gasteiger partial charge in [0, 0.05) is 11.6 Å². The third-order valence-corrected chi connectivity index (χ3v) is 2.85. The molecule has 0 spiro atoms. The number of aromatic nitrogens is 2. The van der Waals surface area contributed by atoms with Crippen LogP contribution in [0.25, 0.3) is 10.9 Å². The van der Waals surface area contributed by atoms with Crippen LogP contribution in [0.3, 0.4) is 0 Å². The highest BCUT2D eigenvalue weighted by Gasteiger charge is 2.03. The van der Waals surface area contributed by atoms with Crippen LogP contribution in [-0.2, 0) is 0 Å². The molecule has 0 aliphatic carbocycles. The molecular weight excluding hydrogens is 248 g/mol. The Labute approximate surface area is 109 Å². The van der Waals surface area contributed by atoms with Crippen molar-refractivity contribution in [3.05, 3.63) is 60.0 Å². The number of para-hydroxylation sites is 1. The van der Waals surface area contributed by atoms with Crippen molar-refractivity contribution in [1.29, 1.82) is 0 Å². The van der Waals surface area contributed by atoms with E-state index in [9.17, 15) is 0 Å². The maximum absolute atomic E-state index is 6.04. The molecule has 88 valence electrons. The molecule has 0 saturated carbocycles. The van der Waals surface area contributed by atoms with E-state index in [2.05, 4.69) is 9.97 Å². The van der Waals surface area contributed by atoms with Crippen molar-refractivity contribution < 1.29 is 4.74 Å². The summed E-state index contributed by atoms with van der Waals surface area (Å²) in [5.74, 6) is 1.35. The van der Waals surface area contributed by atoms with Crippen LogP contribution in [0.1, 0.15) is 0 Å². The van der Waals surface area contributed by atoms with Gasteiger partial charge in [-0.3, -0.25) is 0 Å². The molecule has 3 rings (SSSR count). The average molecular weight is 257 g/mol. The molecule has 1 aromatic heterocycles. The highest BCUT2D eigenvalue weighted by molar-refractivity contribution is 6.32. The van der Waals surface area contributed by atoms with Crippen LogP contribution in [0.2, 0.25) is 5.02 Å². The van der Waals surface area contributed by atoms with Crippen molar-refractivity contribution in [3.8, 4) is 11.5 Å². The SMILES string of the molecule is Clc1ccccc1Oc1ccc2ncncc2c1. The Bertz CT molecular complexity index is 700. The normalized spacial score (nSPS) is 10.5. The lowest BCUT2D eigenvalue weighted by atomic mass is 10.2. The number of halogens is 1. The van der Waals surface area contributed by atoms with Crippen LogP contribution in [0, 0.1) is 0 Å². The van der Waals surface area contributed by atoms with Gasteiger partial charge < -0.3 is 4.74 Å². The minimum atomic E-state index is 0.585. The Balaban J connectivity index is 1.98. The molecule has 3 aromatic rings. The molecule has 4 heteroatoms. The number of hydrogen-bond acceptors (Lipinski definition) is 3. The lowest BCUT2D eigenvalue weighted by Crippen LogP contribution is -1.86. The summed E-state index contributed by atoms with van der Waals surface area (Å²) in [6.07, 6.45) is 3.28. The van der Waals surface area contributed by atoms with Gasteiger partial charge in [0.1, 0.15) is 17.8 Å². The molecule has 18 heavy (non-hydrogen) atoms. The zero-order valence-corrected chi connectivity index (χ0v) is 10.1. The fourth-order valence-corrected chi connectivity index (χ4v) is 1.86. The fraction of sp³-hybridized carbons (Fsp3) is 0. The summed E-state index contributed by atoms with van der Waals surface area (Å²) in [6, 6.07) is 13.0. The van der Waals surface area contributed by atoms with E-state index in [4.69, 9.17) is 16.3 Å². The van der Waals surface area contributed by atoms with Gasteiger partial charge >= 0.3 is 0 Å². The molecule has 0 atom stereocenters. The summed E-state index contributed by atoms with van der Waals surface area (Å²) in [4.78, 5) is 8.14. The number of fused-ring (bicyclic) bond motifs is 1. The Hall–Kier alpha value is -2.13. The molecule has 1 heterocycles. The second-order valence-corrected chi connectivity index (χ2v) is 4.18. The predicted octanol–water partition coefficient (Wildman–Crippen LogP) is 4.08. The van der Waals surface area contributed by atoms with E-state index >= 15 is 0 Å². The summed E-state index contributed by atoms with van der Waals surface area (Å²) in [6.45, 7) is 0. The molecule has 0 saturated heterocycles. The Morgan fingerprint density at radius 1 is 1.06 bits per heavy atom. The van der Waals surface area contributed by atoms with Gasteiger partial charge in [-0.1, -0.05) is 23.7 Å². The van der Waals surface area contributed by atoms with Crippen LogP contribution < -0.4 is 4.74 Å². The highest BCUT2D eigenvalue weighted by Crippen LogP contribution is 2.29. The van der Waals surface area contributed by atoms with E-state index in [-0.39, 0.29) is 0 Å². The average Bonchev–Trinajstić information content (AvgIpc) is 2.41. The summed E-state index contributed by atoms with van der Waals surface area (Å²) in [5.41, 5.74) is 0.886. The van der Waals surface area contributed by atoms with Gasteiger partial charge in [-0.15, -0.1) is 0 Å². The molecule has 0 N–H and O–H groups in total. The van der Waals surface area contributed by atoms with Crippen LogP contribution >= 0.6 is 11.6 Å². The second kappa shape index (κ2) is 4.63. The van der Waals surface area contributed by atoms with E-state index < -0.39 is 0 Å². The van der Waals surface area contributed by atoms with E-state index in [1.165, 1.54) is 6.33 Å². The van der Waals surface area contributed by atoms with Crippen LogP contribution in [-0.4, -0.2) is 9.97 Å². The smallest absolute Gasteiger partial charge is 0.146 e. The Morgan fingerprint density at radius 2 is 1.94 bits per heavy atom. The van der Waals surface area contributed by atoms with Crippen molar-refractivity contribution in [2.75, 3.05) is 0 Å². The maximum Gasteiger partial charge on any atom is 0.146 e. The van der Waals surface area contributed by atoms with Gasteiger partial charge in [-0.05, 0) is 30.3 Å². The third-order valence-electron chi connectivity index (χ3n) is 2.54. The van der Waals surface area contributed by atoms with Crippen molar-refractivity contribution >= 4 is 22.5 Å². The molecule has 0 amide bonds. The first kappa shape index (κ1) is 11.0. The number of nitrogens with zero attached hydrogens (tertiary/aromatic N) is 2. The Morgan fingerprint density at radius 3 is 2.83 bits per heavy atom. The van der Waals surface area contributed by atoms with Gasteiger partial charge in [0.25, 0.3) is 0 Å². The number of benzene rings is 2. The third kappa shape index (κ3) is 2.13. The first-order valence-electron chi connectivity index (χ1n) is 5.45. The predicted molar refractivity (Wildman–Crippen MR) is 71.1 cm³/mol. The van der Waals surface area contributed by atoms with Crippen LogP contribution in [0.15, 0.2) is 55.0 Å². The molecule has 0 aliphatic heterocycles. The summed E-state index contributed by atoms with van der Waals surface area (Å²) in [5, 5.41) is 1.52. The van der Waals surface area contributed by atoms with Crippen molar-refractivity contribution in [1.82, 2.24) is 9.97 Å². The minimum absolute atomic E-state index is 0.585. The molecule has 0 unspecified atom stereocenters. The lowest BCUT2D eigenvalue weighted by molar-refractivity contribution is 0.483. The number of ether oxygens (including phenoxy) is 1. The van der Waals surface area contributed by atoms with Gasteiger partial charge in [0.05, 0.1) is 10.5 Å². The van der Waals surface area contributed by atoms with Crippen molar-refractivity contribution in [3.63, 3.8) is 0 Å². The van der Waals surface area contributed by atoms with E-state index in [0.717, 1.165) is 10.9 Å². The number of hydrogen-bond donors (Lipinski definition) is 0. The summed E-state index contributed by atoms with van der Waals surface area (Å²) >= 11 is 6.04. The molecule has 3 nitrogen and oxygen atoms in total. The molecule has 0 aliphatic rings. The Kier molecular flexibility index (Phi) is 2.82. The lowest BCUT2D eigenvalue weighted by Gasteiger charge is -2.07. The fourth-order valence-electron chi connectivity index (χ4n) is 1.68. The van der Waals surface area contributed by atoms with Crippen LogP contribution in [0.5, 0.6) is 11.5 Å². The van der Waals surface area contributed by atoms with Crippen molar-refractivity contribution in [2.24, 2.45) is 0 Å². The first-order chi connectivity index (χ1) is 8.83. The van der Waals surface area contributed by atoms with Gasteiger partial charge in [0.15, 0.2) is 0 Å². The summed E-state index contributed by atoms with van der Waals surface area (Å²) in [7, 11) is 0. The second-order valence-electron chi connectivity index (χ2n) is 3.78. The maximum atomic E-state index is 6.04. The summed E-state index contributed by atoms with van der Waals surface area (Å²) < 4.78 is 5.73. The monoisotopic (exact) mass is 256 g/mol. The molecule has 2 aromatic carbocycles. The minimum Gasteiger partial charge on any atom is -0.456 e. The standard InChI is InChI=1S/C14H9ClN2O/c15-12-3-1-2-4-14(12)18-11-5-6-13-10(7-11)8-16-9-17-13/h1-9H.